The molecule has 2 radical (unpaired) electrons. The summed E-state index contributed by atoms with van der Waals surface area (Å²) in [5, 5.41) is 0. The lowest BCUT2D eigenvalue weighted by Crippen LogP contribution is -2.21. The van der Waals surface area contributed by atoms with E-state index in [-0.39, 0.29) is 5.92 Å². The van der Waals surface area contributed by atoms with Crippen molar-refractivity contribution in [3.63, 3.8) is 0 Å². The fourth-order valence-electron chi connectivity index (χ4n) is 1.64. The third-order valence-electron chi connectivity index (χ3n) is 2.63. The van der Waals surface area contributed by atoms with Crippen LogP contribution >= 0.6 is 23.5 Å². The summed E-state index contributed by atoms with van der Waals surface area (Å²) in [5.74, 6) is -0.0710. The van der Waals surface area contributed by atoms with E-state index in [9.17, 15) is 18.6 Å². The molecule has 0 aliphatic carbocycles. The summed E-state index contributed by atoms with van der Waals surface area (Å²) < 4.78 is 55.1. The summed E-state index contributed by atoms with van der Waals surface area (Å²) in [6.45, 7) is 1.33. The monoisotopic (exact) mass is 380 g/mol. The molecular formula is C7H16BO11P3. The Bertz CT molecular complexity index is 526. The minimum atomic E-state index is -5.38. The van der Waals surface area contributed by atoms with E-state index >= 15 is 0 Å². The van der Waals surface area contributed by atoms with Gasteiger partial charge in [-0.2, -0.15) is 8.62 Å². The van der Waals surface area contributed by atoms with Gasteiger partial charge in [0, 0.05) is 13.1 Å². The highest BCUT2D eigenvalue weighted by Crippen LogP contribution is 2.67. The standard InChI is InChI=1S/C7H16BO11P3/c1-5-3-7(8)17-6(5)4-16-21(11,12)19-22(13,14)18-20(9,10)15-2/h5-7H,3-4H2,1-2H3,(H,9,10)(H,11,12)(H,13,14)/t5-,6?,7?/m1/s1. The molecule has 0 bridgehead atoms. The van der Waals surface area contributed by atoms with Gasteiger partial charge in [0.25, 0.3) is 0 Å². The van der Waals surface area contributed by atoms with Crippen LogP contribution in [0.15, 0.2) is 0 Å². The van der Waals surface area contributed by atoms with E-state index in [1.165, 1.54) is 0 Å². The summed E-state index contributed by atoms with van der Waals surface area (Å²) in [6.07, 6.45) is -0.103. The lowest BCUT2D eigenvalue weighted by atomic mass is 9.92. The van der Waals surface area contributed by atoms with E-state index < -0.39 is 42.2 Å². The minimum Gasteiger partial charge on any atom is -0.382 e. The molecule has 1 fully saturated rings. The first-order chi connectivity index (χ1) is 9.86. The van der Waals surface area contributed by atoms with Gasteiger partial charge in [-0.05, 0) is 12.3 Å². The van der Waals surface area contributed by atoms with Gasteiger partial charge in [-0.3, -0.25) is 9.05 Å². The molecule has 1 rings (SSSR count). The summed E-state index contributed by atoms with van der Waals surface area (Å²) in [5.41, 5.74) is 0. The largest absolute Gasteiger partial charge is 0.490 e. The van der Waals surface area contributed by atoms with Gasteiger partial charge in [-0.15, -0.1) is 0 Å². The topological polar surface area (TPSA) is 158 Å². The quantitative estimate of drug-likeness (QED) is 0.406. The van der Waals surface area contributed by atoms with E-state index in [0.717, 1.165) is 7.11 Å². The fraction of sp³-hybridized carbons (Fsp3) is 1.00. The molecule has 0 aromatic heterocycles. The normalized spacial score (nSPS) is 33.8. The Morgan fingerprint density at radius 1 is 1.14 bits per heavy atom. The molecule has 22 heavy (non-hydrogen) atoms. The number of rotatable bonds is 8. The average Bonchev–Trinajstić information content (AvgIpc) is 2.62. The summed E-state index contributed by atoms with van der Waals surface area (Å²) in [4.78, 5) is 27.3. The molecule has 0 spiro atoms. The van der Waals surface area contributed by atoms with E-state index in [0.29, 0.717) is 6.42 Å². The zero-order valence-electron chi connectivity index (χ0n) is 11.7. The average molecular weight is 380 g/mol. The van der Waals surface area contributed by atoms with Crippen LogP contribution in [0.1, 0.15) is 13.3 Å². The number of ether oxygens (including phenoxy) is 1. The highest BCUT2D eigenvalue weighted by Gasteiger charge is 2.42. The first kappa shape index (κ1) is 20.5. The predicted octanol–water partition coefficient (Wildman–Crippen LogP) is 0.903. The van der Waals surface area contributed by atoms with Crippen LogP contribution in [-0.4, -0.2) is 48.4 Å². The van der Waals surface area contributed by atoms with Crippen molar-refractivity contribution in [2.24, 2.45) is 5.92 Å². The SMILES string of the molecule is [B]C1C[C@@H](C)C(COP(=O)(O)OP(=O)(O)OP(=O)(O)OC)O1. The molecule has 11 nitrogen and oxygen atoms in total. The van der Waals surface area contributed by atoms with Gasteiger partial charge in [0.2, 0.25) is 0 Å². The second kappa shape index (κ2) is 7.55. The van der Waals surface area contributed by atoms with Crippen LogP contribution in [0.4, 0.5) is 0 Å². The van der Waals surface area contributed by atoms with Crippen LogP contribution in [0.25, 0.3) is 0 Å². The molecule has 1 saturated heterocycles. The number of hydrogen-bond donors (Lipinski definition) is 3. The smallest absolute Gasteiger partial charge is 0.382 e. The lowest BCUT2D eigenvalue weighted by molar-refractivity contribution is 0.0271. The van der Waals surface area contributed by atoms with Gasteiger partial charge >= 0.3 is 23.5 Å². The van der Waals surface area contributed by atoms with E-state index in [4.69, 9.17) is 22.4 Å². The first-order valence-electron chi connectivity index (χ1n) is 5.88. The molecule has 128 valence electrons. The molecule has 3 N–H and O–H groups in total. The zero-order valence-corrected chi connectivity index (χ0v) is 14.4. The summed E-state index contributed by atoms with van der Waals surface area (Å²) in [7, 11) is -9.10. The van der Waals surface area contributed by atoms with Gasteiger partial charge in [0.15, 0.2) is 0 Å². The number of hydrogen-bond acceptors (Lipinski definition) is 8. The third-order valence-corrected chi connectivity index (χ3v) is 6.87. The molecule has 0 aromatic rings. The molecular weight excluding hydrogens is 364 g/mol. The van der Waals surface area contributed by atoms with Crippen molar-refractivity contribution < 1.29 is 50.8 Å². The maximum atomic E-state index is 11.5. The van der Waals surface area contributed by atoms with Gasteiger partial charge in [0.05, 0.1) is 12.7 Å². The molecule has 15 heteroatoms. The van der Waals surface area contributed by atoms with Crippen molar-refractivity contribution in [2.75, 3.05) is 13.7 Å². The van der Waals surface area contributed by atoms with Crippen LogP contribution in [0.2, 0.25) is 0 Å². The summed E-state index contributed by atoms with van der Waals surface area (Å²) in [6, 6.07) is -0.545. The Kier molecular flexibility index (Phi) is 7.03. The molecule has 1 aliphatic rings. The summed E-state index contributed by atoms with van der Waals surface area (Å²) >= 11 is 0. The van der Waals surface area contributed by atoms with Crippen molar-refractivity contribution in [2.45, 2.75) is 25.5 Å². The molecule has 1 aliphatic heterocycles. The Labute approximate surface area is 128 Å². The van der Waals surface area contributed by atoms with Gasteiger partial charge < -0.3 is 19.4 Å². The van der Waals surface area contributed by atoms with Gasteiger partial charge in [-0.1, -0.05) is 6.92 Å². The third kappa shape index (κ3) is 6.90. The Morgan fingerprint density at radius 3 is 2.14 bits per heavy atom. The van der Waals surface area contributed by atoms with Gasteiger partial charge in [-0.25, -0.2) is 13.7 Å². The molecule has 0 aromatic carbocycles. The highest BCUT2D eigenvalue weighted by molar-refractivity contribution is 7.66. The van der Waals surface area contributed by atoms with Crippen LogP contribution in [-0.2, 0) is 36.1 Å². The van der Waals surface area contributed by atoms with E-state index in [1.54, 1.807) is 6.92 Å². The molecule has 6 atom stereocenters. The van der Waals surface area contributed by atoms with E-state index in [1.807, 2.05) is 0 Å². The fourth-order valence-corrected chi connectivity index (χ4v) is 4.90. The van der Waals surface area contributed by atoms with Crippen molar-refractivity contribution in [3.05, 3.63) is 0 Å². The van der Waals surface area contributed by atoms with Crippen LogP contribution in [0.5, 0.6) is 0 Å². The maximum absolute atomic E-state index is 11.5. The molecule has 0 amide bonds. The Hall–Kier alpha value is 0.435. The highest BCUT2D eigenvalue weighted by atomic mass is 31.3. The molecule has 5 unspecified atom stereocenters. The van der Waals surface area contributed by atoms with Crippen LogP contribution in [0.3, 0.4) is 0 Å². The van der Waals surface area contributed by atoms with Crippen LogP contribution < -0.4 is 0 Å². The predicted molar refractivity (Wildman–Crippen MR) is 72.8 cm³/mol. The zero-order chi connectivity index (χ0) is 17.2. The number of phosphoric ester groups is 2. The van der Waals surface area contributed by atoms with Gasteiger partial charge in [0.1, 0.15) is 7.85 Å². The molecule has 0 saturated carbocycles. The van der Waals surface area contributed by atoms with Crippen LogP contribution in [0, 0.1) is 5.92 Å². The van der Waals surface area contributed by atoms with E-state index in [2.05, 4.69) is 17.7 Å². The van der Waals surface area contributed by atoms with Crippen molar-refractivity contribution >= 4 is 31.3 Å². The van der Waals surface area contributed by atoms with Crippen molar-refractivity contribution in [1.82, 2.24) is 0 Å². The van der Waals surface area contributed by atoms with Crippen molar-refractivity contribution in [3.8, 4) is 0 Å². The Morgan fingerprint density at radius 2 is 1.68 bits per heavy atom. The Balaban J connectivity index is 2.58. The lowest BCUT2D eigenvalue weighted by Gasteiger charge is -2.20. The second-order valence-electron chi connectivity index (χ2n) is 4.47. The first-order valence-corrected chi connectivity index (χ1v) is 10.4. The minimum absolute atomic E-state index is 0.0710. The number of phosphoric acid groups is 3. The molecule has 1 heterocycles. The second-order valence-corrected chi connectivity index (χ2v) is 9.21. The maximum Gasteiger partial charge on any atom is 0.490 e. The van der Waals surface area contributed by atoms with Crippen molar-refractivity contribution in [1.29, 1.82) is 0 Å².